The first-order chi connectivity index (χ1) is 8.25. The quantitative estimate of drug-likeness (QED) is 0.528. The zero-order valence-electron chi connectivity index (χ0n) is 11.2. The topological polar surface area (TPSA) is 54.9 Å². The molecule has 1 N–H and O–H groups in total. The maximum absolute atomic E-state index is 12.0. The fourth-order valence-electron chi connectivity index (χ4n) is 1.15. The highest BCUT2D eigenvalue weighted by Gasteiger charge is 2.23. The van der Waals surface area contributed by atoms with Crippen LogP contribution in [-0.2, 0) is 11.0 Å². The van der Waals surface area contributed by atoms with Gasteiger partial charge in [0.25, 0.3) is 0 Å². The van der Waals surface area contributed by atoms with Crippen LogP contribution in [0.3, 0.4) is 0 Å². The minimum absolute atomic E-state index is 0.159. The molecule has 0 fully saturated rings. The highest BCUT2D eigenvalue weighted by atomic mass is 35.5. The van der Waals surface area contributed by atoms with Gasteiger partial charge in [-0.1, -0.05) is 23.4 Å². The number of nitrogens with zero attached hydrogens (tertiary/aromatic N) is 2. The first-order valence-corrected chi connectivity index (χ1v) is 8.25. The summed E-state index contributed by atoms with van der Waals surface area (Å²) in [6.07, 6.45) is 3.57. The smallest absolute Gasteiger partial charge is 0.188 e. The zero-order chi connectivity index (χ0) is 13.9. The molecule has 1 aromatic rings. The summed E-state index contributed by atoms with van der Waals surface area (Å²) in [5.41, 5.74) is 0.757. The fraction of sp³-hybridized carbons (Fsp3) is 0.636. The summed E-state index contributed by atoms with van der Waals surface area (Å²) in [4.78, 5) is 8.34. The third-order valence-corrected chi connectivity index (χ3v) is 4.78. The Bertz CT molecular complexity index is 448. The highest BCUT2D eigenvalue weighted by Crippen LogP contribution is 2.23. The largest absolute Gasteiger partial charge is 0.242 e. The van der Waals surface area contributed by atoms with Gasteiger partial charge in [0.15, 0.2) is 5.16 Å². The van der Waals surface area contributed by atoms with Crippen molar-refractivity contribution in [3.8, 4) is 0 Å². The van der Waals surface area contributed by atoms with Gasteiger partial charge in [-0.3, -0.25) is 0 Å². The van der Waals surface area contributed by atoms with Gasteiger partial charge in [-0.25, -0.2) is 18.9 Å². The van der Waals surface area contributed by atoms with Crippen molar-refractivity contribution in [1.29, 1.82) is 0 Å². The van der Waals surface area contributed by atoms with Gasteiger partial charge in [-0.05, 0) is 34.0 Å². The number of aromatic nitrogens is 2. The Balaban J connectivity index is 2.85. The lowest BCUT2D eigenvalue weighted by atomic mass is 10.2. The van der Waals surface area contributed by atoms with Crippen LogP contribution < -0.4 is 4.72 Å². The maximum Gasteiger partial charge on any atom is 0.188 e. The molecule has 2 atom stereocenters. The highest BCUT2D eigenvalue weighted by molar-refractivity contribution is 7.98. The van der Waals surface area contributed by atoms with Crippen LogP contribution in [-0.4, -0.2) is 25.2 Å². The molecule has 0 radical (unpaired) electrons. The van der Waals surface area contributed by atoms with Gasteiger partial charge in [-0.2, -0.15) is 0 Å². The molecule has 0 bridgehead atoms. The average molecular weight is 308 g/mol. The van der Waals surface area contributed by atoms with Crippen LogP contribution in [0.15, 0.2) is 11.4 Å². The van der Waals surface area contributed by atoms with E-state index in [1.807, 2.05) is 34.0 Å². The van der Waals surface area contributed by atoms with Crippen LogP contribution in [0.5, 0.6) is 0 Å². The number of halogens is 1. The van der Waals surface area contributed by atoms with Crippen molar-refractivity contribution < 1.29 is 4.21 Å². The van der Waals surface area contributed by atoms with Crippen LogP contribution in [0.2, 0.25) is 5.15 Å². The molecule has 0 saturated heterocycles. The van der Waals surface area contributed by atoms with Crippen LogP contribution >= 0.6 is 23.4 Å². The molecule has 18 heavy (non-hydrogen) atoms. The number of nitrogens with one attached hydrogen (secondary N) is 1. The molecular formula is C11H18ClN3OS2. The Labute approximate surface area is 120 Å². The molecule has 4 nitrogen and oxygen atoms in total. The predicted octanol–water partition coefficient (Wildman–Crippen LogP) is 2.96. The summed E-state index contributed by atoms with van der Waals surface area (Å²) in [5, 5.41) is 1.04. The summed E-state index contributed by atoms with van der Waals surface area (Å²) in [5.74, 6) is 0. The Morgan fingerprint density at radius 3 is 2.56 bits per heavy atom. The first-order valence-electron chi connectivity index (χ1n) is 5.50. The summed E-state index contributed by atoms with van der Waals surface area (Å²) in [7, 11) is -1.15. The molecule has 1 aromatic heterocycles. The van der Waals surface area contributed by atoms with Crippen molar-refractivity contribution in [3.63, 3.8) is 0 Å². The predicted molar refractivity (Wildman–Crippen MR) is 78.3 cm³/mol. The summed E-state index contributed by atoms with van der Waals surface area (Å²) >= 11 is 7.53. The monoisotopic (exact) mass is 307 g/mol. The van der Waals surface area contributed by atoms with E-state index >= 15 is 0 Å². The minimum Gasteiger partial charge on any atom is -0.242 e. The van der Waals surface area contributed by atoms with Gasteiger partial charge >= 0.3 is 0 Å². The number of hydrogen-bond donors (Lipinski definition) is 1. The van der Waals surface area contributed by atoms with Gasteiger partial charge in [0.1, 0.15) is 5.15 Å². The maximum atomic E-state index is 12.0. The van der Waals surface area contributed by atoms with E-state index in [9.17, 15) is 4.21 Å². The van der Waals surface area contributed by atoms with Crippen LogP contribution in [0.1, 0.15) is 39.3 Å². The van der Waals surface area contributed by atoms with Crippen molar-refractivity contribution >= 4 is 34.3 Å². The number of thioether (sulfide) groups is 1. The molecule has 7 heteroatoms. The first kappa shape index (κ1) is 15.9. The SMILES string of the molecule is CSc1ncc([C@H](C)N[S@](=O)C(C)(C)C)c(Cl)n1. The van der Waals surface area contributed by atoms with E-state index in [1.165, 1.54) is 11.8 Å². The molecule has 0 unspecified atom stereocenters. The number of rotatable bonds is 4. The van der Waals surface area contributed by atoms with Crippen molar-refractivity contribution in [2.24, 2.45) is 0 Å². The van der Waals surface area contributed by atoms with Crippen molar-refractivity contribution in [3.05, 3.63) is 16.9 Å². The third-order valence-electron chi connectivity index (χ3n) is 2.24. The van der Waals surface area contributed by atoms with Gasteiger partial charge in [0.2, 0.25) is 0 Å². The summed E-state index contributed by atoms with van der Waals surface area (Å²) in [6, 6.07) is -0.159. The average Bonchev–Trinajstić information content (AvgIpc) is 2.27. The normalized spacial score (nSPS) is 15.4. The van der Waals surface area contributed by atoms with Gasteiger partial charge in [0.05, 0.1) is 15.7 Å². The molecule has 0 aliphatic carbocycles. The molecule has 0 saturated carbocycles. The van der Waals surface area contributed by atoms with Crippen LogP contribution in [0, 0.1) is 0 Å². The summed E-state index contributed by atoms with van der Waals surface area (Å²) < 4.78 is 14.7. The van der Waals surface area contributed by atoms with E-state index in [2.05, 4.69) is 14.7 Å². The van der Waals surface area contributed by atoms with Crippen LogP contribution in [0.4, 0.5) is 0 Å². The van der Waals surface area contributed by atoms with Crippen molar-refractivity contribution in [1.82, 2.24) is 14.7 Å². The zero-order valence-corrected chi connectivity index (χ0v) is 13.5. The molecule has 0 amide bonds. The lowest BCUT2D eigenvalue weighted by molar-refractivity contribution is 0.614. The van der Waals surface area contributed by atoms with Crippen LogP contribution in [0.25, 0.3) is 0 Å². The fourth-order valence-corrected chi connectivity index (χ4v) is 2.63. The lowest BCUT2D eigenvalue weighted by Gasteiger charge is -2.22. The second-order valence-corrected chi connectivity index (χ2v) is 7.95. The summed E-state index contributed by atoms with van der Waals surface area (Å²) in [6.45, 7) is 7.64. The van der Waals surface area contributed by atoms with Crippen molar-refractivity contribution in [2.45, 2.75) is 43.6 Å². The van der Waals surface area contributed by atoms with E-state index in [-0.39, 0.29) is 10.8 Å². The minimum atomic E-state index is -1.15. The lowest BCUT2D eigenvalue weighted by Crippen LogP contribution is -2.35. The Kier molecular flexibility index (Phi) is 5.58. The van der Waals surface area contributed by atoms with Gasteiger partial charge in [-0.15, -0.1) is 0 Å². The Morgan fingerprint density at radius 1 is 1.50 bits per heavy atom. The standard InChI is InChI=1S/C11H18ClN3OS2/c1-7(15-18(16)11(2,3)4)8-6-13-10(17-5)14-9(8)12/h6-7,15H,1-5H3/t7-,18+/m0/s1. The molecule has 0 aromatic carbocycles. The second kappa shape index (κ2) is 6.32. The van der Waals surface area contributed by atoms with Crippen molar-refractivity contribution in [2.75, 3.05) is 6.26 Å². The number of hydrogen-bond acceptors (Lipinski definition) is 4. The molecule has 0 aliphatic heterocycles. The van der Waals surface area contributed by atoms with E-state index in [0.717, 1.165) is 5.56 Å². The molecule has 0 spiro atoms. The van der Waals surface area contributed by atoms with E-state index < -0.39 is 11.0 Å². The van der Waals surface area contributed by atoms with Gasteiger partial charge < -0.3 is 0 Å². The van der Waals surface area contributed by atoms with Gasteiger partial charge in [0, 0.05) is 17.8 Å². The molecule has 0 aliphatic rings. The molecule has 1 heterocycles. The molecule has 102 valence electrons. The second-order valence-electron chi connectivity index (χ2n) is 4.82. The molecular weight excluding hydrogens is 290 g/mol. The Morgan fingerprint density at radius 2 is 2.11 bits per heavy atom. The van der Waals surface area contributed by atoms with E-state index in [0.29, 0.717) is 10.3 Å². The molecule has 1 rings (SSSR count). The Hall–Kier alpha value is -0.170. The van der Waals surface area contributed by atoms with E-state index in [4.69, 9.17) is 11.6 Å². The van der Waals surface area contributed by atoms with E-state index in [1.54, 1.807) is 6.20 Å². The third kappa shape index (κ3) is 4.19.